The Labute approximate surface area is 104 Å². The SMILES string of the molecule is CO[Si](C)(CCC(C(F)(F)F)C(F)(F)F)C(C)C. The molecule has 0 fully saturated rings. The molecule has 1 unspecified atom stereocenters. The molecule has 0 saturated heterocycles. The standard InChI is InChI=1S/C10H18F6OSi/c1-7(2)18(4,17-3)6-5-8(9(11,12)13)10(14,15)16/h7-8H,5-6H2,1-4H3. The third-order valence-corrected chi connectivity index (χ3v) is 8.06. The van der Waals surface area contributed by atoms with Crippen LogP contribution in [0, 0.1) is 5.92 Å². The summed E-state index contributed by atoms with van der Waals surface area (Å²) in [5, 5.41) is 0. The number of rotatable bonds is 5. The van der Waals surface area contributed by atoms with Gasteiger partial charge in [0.15, 0.2) is 8.32 Å². The average Bonchev–Trinajstić information content (AvgIpc) is 2.12. The van der Waals surface area contributed by atoms with E-state index in [1.54, 1.807) is 20.4 Å². The van der Waals surface area contributed by atoms with E-state index < -0.39 is 33.0 Å². The van der Waals surface area contributed by atoms with Gasteiger partial charge in [-0.25, -0.2) is 0 Å². The van der Waals surface area contributed by atoms with Crippen LogP contribution in [0.15, 0.2) is 0 Å². The fourth-order valence-corrected chi connectivity index (χ4v) is 3.69. The first-order chi connectivity index (χ1) is 7.84. The van der Waals surface area contributed by atoms with Gasteiger partial charge in [-0.15, -0.1) is 0 Å². The van der Waals surface area contributed by atoms with E-state index in [-0.39, 0.29) is 11.6 Å². The van der Waals surface area contributed by atoms with Crippen molar-refractivity contribution in [1.29, 1.82) is 0 Å². The van der Waals surface area contributed by atoms with E-state index in [4.69, 9.17) is 4.43 Å². The second-order valence-electron chi connectivity index (χ2n) is 4.85. The van der Waals surface area contributed by atoms with E-state index in [9.17, 15) is 26.3 Å². The van der Waals surface area contributed by atoms with Crippen molar-refractivity contribution in [3.05, 3.63) is 0 Å². The molecule has 0 aliphatic rings. The summed E-state index contributed by atoms with van der Waals surface area (Å²) in [6, 6.07) is -0.162. The fraction of sp³-hybridized carbons (Fsp3) is 1.00. The number of alkyl halides is 6. The van der Waals surface area contributed by atoms with Crippen molar-refractivity contribution < 1.29 is 30.8 Å². The van der Waals surface area contributed by atoms with Gasteiger partial charge in [-0.1, -0.05) is 13.8 Å². The predicted molar refractivity (Wildman–Crippen MR) is 58.7 cm³/mol. The third kappa shape index (κ3) is 4.79. The van der Waals surface area contributed by atoms with Crippen LogP contribution in [0.1, 0.15) is 20.3 Å². The Hall–Kier alpha value is -0.243. The molecule has 0 amide bonds. The van der Waals surface area contributed by atoms with E-state index in [2.05, 4.69) is 0 Å². The molecular formula is C10H18F6OSi. The van der Waals surface area contributed by atoms with Gasteiger partial charge in [0.2, 0.25) is 0 Å². The maximum atomic E-state index is 12.4. The van der Waals surface area contributed by atoms with E-state index in [1.807, 2.05) is 0 Å². The number of halogens is 6. The lowest BCUT2D eigenvalue weighted by Crippen LogP contribution is -2.41. The van der Waals surface area contributed by atoms with Gasteiger partial charge in [-0.3, -0.25) is 0 Å². The van der Waals surface area contributed by atoms with Gasteiger partial charge in [0, 0.05) is 7.11 Å². The topological polar surface area (TPSA) is 9.23 Å². The predicted octanol–water partition coefficient (Wildman–Crippen LogP) is 4.75. The summed E-state index contributed by atoms with van der Waals surface area (Å²) in [6.07, 6.45) is -11.5. The summed E-state index contributed by atoms with van der Waals surface area (Å²) in [6.45, 7) is 5.17. The van der Waals surface area contributed by atoms with Crippen LogP contribution in [0.4, 0.5) is 26.3 Å². The molecular weight excluding hydrogens is 278 g/mol. The van der Waals surface area contributed by atoms with Gasteiger partial charge in [-0.05, 0) is 24.6 Å². The summed E-state index contributed by atoms with van der Waals surface area (Å²) in [5.41, 5.74) is -0.0374. The molecule has 0 bridgehead atoms. The van der Waals surface area contributed by atoms with Crippen molar-refractivity contribution in [2.24, 2.45) is 5.92 Å². The zero-order valence-corrected chi connectivity index (χ0v) is 11.7. The van der Waals surface area contributed by atoms with E-state index in [0.29, 0.717) is 0 Å². The van der Waals surface area contributed by atoms with Gasteiger partial charge < -0.3 is 4.43 Å². The Kier molecular flexibility index (Phi) is 5.73. The lowest BCUT2D eigenvalue weighted by molar-refractivity contribution is -0.284. The zero-order valence-electron chi connectivity index (χ0n) is 10.7. The van der Waals surface area contributed by atoms with Crippen LogP contribution in [0.5, 0.6) is 0 Å². The molecule has 1 nitrogen and oxygen atoms in total. The average molecular weight is 296 g/mol. The molecule has 0 saturated carbocycles. The van der Waals surface area contributed by atoms with Gasteiger partial charge in [0.25, 0.3) is 0 Å². The molecule has 0 aromatic rings. The van der Waals surface area contributed by atoms with Crippen LogP contribution in [0.25, 0.3) is 0 Å². The summed E-state index contributed by atoms with van der Waals surface area (Å²) >= 11 is 0. The molecule has 110 valence electrons. The molecule has 0 heterocycles. The molecule has 0 radical (unpaired) electrons. The zero-order chi connectivity index (χ0) is 14.8. The Morgan fingerprint density at radius 2 is 1.39 bits per heavy atom. The smallest absolute Gasteiger partial charge is 0.400 e. The van der Waals surface area contributed by atoms with E-state index >= 15 is 0 Å². The Bertz CT molecular complexity index is 248. The minimum absolute atomic E-state index is 0.0374. The Morgan fingerprint density at radius 3 is 1.61 bits per heavy atom. The summed E-state index contributed by atoms with van der Waals surface area (Å²) in [7, 11) is -1.17. The molecule has 0 aromatic heterocycles. The van der Waals surface area contributed by atoms with Crippen molar-refractivity contribution in [2.45, 2.75) is 50.8 Å². The summed E-state index contributed by atoms with van der Waals surface area (Å²) in [5.74, 6) is -3.26. The first-order valence-corrected chi connectivity index (χ1v) is 8.22. The van der Waals surface area contributed by atoms with E-state index in [0.717, 1.165) is 0 Å². The maximum Gasteiger partial charge on any atom is 0.400 e. The van der Waals surface area contributed by atoms with Crippen LogP contribution >= 0.6 is 0 Å². The molecule has 0 aliphatic carbocycles. The number of hydrogen-bond donors (Lipinski definition) is 0. The molecule has 1 atom stereocenters. The van der Waals surface area contributed by atoms with E-state index in [1.165, 1.54) is 7.11 Å². The van der Waals surface area contributed by atoms with Crippen molar-refractivity contribution >= 4 is 8.32 Å². The van der Waals surface area contributed by atoms with Gasteiger partial charge >= 0.3 is 12.4 Å². The highest BCUT2D eigenvalue weighted by atomic mass is 28.4. The highest BCUT2D eigenvalue weighted by molar-refractivity contribution is 6.73. The Balaban J connectivity index is 4.84. The second kappa shape index (κ2) is 5.81. The maximum absolute atomic E-state index is 12.4. The summed E-state index contributed by atoms with van der Waals surface area (Å²) in [4.78, 5) is 0. The minimum Gasteiger partial charge on any atom is -0.420 e. The lowest BCUT2D eigenvalue weighted by Gasteiger charge is -2.32. The van der Waals surface area contributed by atoms with Crippen LogP contribution < -0.4 is 0 Å². The normalized spacial score (nSPS) is 17.3. The highest BCUT2D eigenvalue weighted by Crippen LogP contribution is 2.43. The quantitative estimate of drug-likeness (QED) is 0.525. The molecule has 8 heteroatoms. The molecule has 0 aliphatic heterocycles. The van der Waals surface area contributed by atoms with Crippen LogP contribution in [0.3, 0.4) is 0 Å². The summed E-state index contributed by atoms with van der Waals surface area (Å²) < 4.78 is 79.3. The lowest BCUT2D eigenvalue weighted by atomic mass is 10.1. The first kappa shape index (κ1) is 17.8. The van der Waals surface area contributed by atoms with Gasteiger partial charge in [0.1, 0.15) is 5.92 Å². The first-order valence-electron chi connectivity index (χ1n) is 5.53. The van der Waals surface area contributed by atoms with Crippen molar-refractivity contribution in [3.8, 4) is 0 Å². The van der Waals surface area contributed by atoms with Crippen LogP contribution in [-0.2, 0) is 4.43 Å². The molecule has 0 N–H and O–H groups in total. The van der Waals surface area contributed by atoms with Crippen LogP contribution in [-0.4, -0.2) is 27.8 Å². The monoisotopic (exact) mass is 296 g/mol. The van der Waals surface area contributed by atoms with Crippen molar-refractivity contribution in [3.63, 3.8) is 0 Å². The third-order valence-electron chi connectivity index (χ3n) is 3.41. The molecule has 0 spiro atoms. The fourth-order valence-electron chi connectivity index (χ4n) is 1.57. The molecule has 18 heavy (non-hydrogen) atoms. The Morgan fingerprint density at radius 1 is 1.00 bits per heavy atom. The molecule has 0 rings (SSSR count). The highest BCUT2D eigenvalue weighted by Gasteiger charge is 2.56. The van der Waals surface area contributed by atoms with Gasteiger partial charge in [-0.2, -0.15) is 26.3 Å². The largest absolute Gasteiger partial charge is 0.420 e. The van der Waals surface area contributed by atoms with Crippen molar-refractivity contribution in [2.75, 3.05) is 7.11 Å². The minimum atomic E-state index is -5.25. The van der Waals surface area contributed by atoms with Gasteiger partial charge in [0.05, 0.1) is 0 Å². The van der Waals surface area contributed by atoms with Crippen LogP contribution in [0.2, 0.25) is 18.1 Å². The second-order valence-corrected chi connectivity index (χ2v) is 9.53. The molecule has 0 aromatic carbocycles. The number of hydrogen-bond acceptors (Lipinski definition) is 1. The van der Waals surface area contributed by atoms with Crippen molar-refractivity contribution in [1.82, 2.24) is 0 Å².